The Morgan fingerprint density at radius 2 is 1.56 bits per heavy atom. The minimum Gasteiger partial charge on any atom is -0.451 e. The molecule has 0 aliphatic carbocycles. The molecule has 4 heterocycles. The highest BCUT2D eigenvalue weighted by atomic mass is 32.2. The number of esters is 1. The van der Waals surface area contributed by atoms with Gasteiger partial charge in [-0.25, -0.2) is 18.0 Å². The number of pyridine rings is 2. The normalized spacial score (nSPS) is 22.4. The smallest absolute Gasteiger partial charge is 0.411 e. The number of fused-ring (bicyclic) bond motifs is 1. The molecule has 2 aromatic heterocycles. The predicted molar refractivity (Wildman–Crippen MR) is 164 cm³/mol. The topological polar surface area (TPSA) is 145 Å². The highest BCUT2D eigenvalue weighted by Gasteiger charge is 2.73. The van der Waals surface area contributed by atoms with E-state index in [4.69, 9.17) is 9.47 Å². The van der Waals surface area contributed by atoms with Gasteiger partial charge in [-0.2, -0.15) is 0 Å². The van der Waals surface area contributed by atoms with Crippen LogP contribution < -0.4 is 5.32 Å². The molecule has 0 radical (unpaired) electrons. The average molecular weight is 625 g/mol. The molecule has 1 N–H and O–H groups in total. The van der Waals surface area contributed by atoms with Crippen molar-refractivity contribution in [3.05, 3.63) is 132 Å². The van der Waals surface area contributed by atoms with Gasteiger partial charge in [-0.3, -0.25) is 20.1 Å². The Hall–Kier alpha value is -5.36. The number of hydrogen-bond donors (Lipinski definition) is 1. The van der Waals surface area contributed by atoms with E-state index in [9.17, 15) is 22.8 Å². The van der Waals surface area contributed by atoms with E-state index in [1.807, 2.05) is 12.1 Å². The zero-order valence-electron chi connectivity index (χ0n) is 24.0. The molecule has 2 saturated heterocycles. The first-order valence-electron chi connectivity index (χ1n) is 14.0. The zero-order chi connectivity index (χ0) is 31.6. The molecule has 2 aromatic carbocycles. The van der Waals surface area contributed by atoms with E-state index in [0.29, 0.717) is 22.5 Å². The van der Waals surface area contributed by atoms with Crippen molar-refractivity contribution in [3.63, 3.8) is 0 Å². The van der Waals surface area contributed by atoms with Gasteiger partial charge in [0.15, 0.2) is 27.4 Å². The summed E-state index contributed by atoms with van der Waals surface area (Å²) in [4.78, 5) is 49.5. The summed E-state index contributed by atoms with van der Waals surface area (Å²) >= 11 is 0. The molecule has 2 amide bonds. The lowest BCUT2D eigenvalue weighted by Crippen LogP contribution is -2.60. The summed E-state index contributed by atoms with van der Waals surface area (Å²) in [6, 6.07) is 24.4. The fourth-order valence-electron chi connectivity index (χ4n) is 5.56. The van der Waals surface area contributed by atoms with Gasteiger partial charge in [-0.05, 0) is 48.4 Å². The molecule has 228 valence electrons. The lowest BCUT2D eigenvalue weighted by atomic mass is 9.94. The molecule has 2 aliphatic heterocycles. The number of hydrogen-bond acceptors (Lipinski definition) is 9. The van der Waals surface area contributed by atoms with E-state index in [1.165, 1.54) is 43.7 Å². The van der Waals surface area contributed by atoms with Crippen LogP contribution in [0.3, 0.4) is 0 Å². The Morgan fingerprint density at radius 3 is 2.16 bits per heavy atom. The Kier molecular flexibility index (Phi) is 7.90. The highest BCUT2D eigenvalue weighted by Crippen LogP contribution is 2.50. The van der Waals surface area contributed by atoms with Gasteiger partial charge < -0.3 is 14.4 Å². The molecule has 0 bridgehead atoms. The van der Waals surface area contributed by atoms with Gasteiger partial charge in [0.25, 0.3) is 5.91 Å². The second-order valence-electron chi connectivity index (χ2n) is 10.8. The van der Waals surface area contributed by atoms with Gasteiger partial charge in [0.2, 0.25) is 0 Å². The Balaban J connectivity index is 1.36. The third kappa shape index (κ3) is 5.44. The molecule has 6 rings (SSSR count). The van der Waals surface area contributed by atoms with Crippen molar-refractivity contribution >= 4 is 39.6 Å². The van der Waals surface area contributed by atoms with Crippen molar-refractivity contribution < 1.29 is 32.3 Å². The fourth-order valence-corrected chi connectivity index (χ4v) is 7.83. The zero-order valence-corrected chi connectivity index (χ0v) is 24.8. The van der Waals surface area contributed by atoms with E-state index in [1.54, 1.807) is 66.7 Å². The van der Waals surface area contributed by atoms with Crippen LogP contribution in [-0.4, -0.2) is 64.0 Å². The molecule has 2 fully saturated rings. The van der Waals surface area contributed by atoms with Crippen LogP contribution in [-0.2, 0) is 28.9 Å². The van der Waals surface area contributed by atoms with Crippen LogP contribution in [0.25, 0.3) is 6.08 Å². The standard InChI is InChI=1S/C33H28N4O7S/c1-33(21-43-32(40)36-24-15-18-34-19-16-24)28(31(39)44-27(22-10-4-2-5-11-22)23-12-6-3-7-13-23)37-29(38)26(30(37)45(33,41)42)20-25-14-8-9-17-35-25/h2-20,27-28,30H,21H2,1H3,(H,34,36,40)/b26-20-/t28-,30+,33-/m0/s1. The second-order valence-corrected chi connectivity index (χ2v) is 13.2. The van der Waals surface area contributed by atoms with Crippen LogP contribution in [0.5, 0.6) is 0 Å². The van der Waals surface area contributed by atoms with Crippen LogP contribution >= 0.6 is 0 Å². The van der Waals surface area contributed by atoms with E-state index in [-0.39, 0.29) is 5.57 Å². The third-order valence-corrected chi connectivity index (χ3v) is 10.6. The van der Waals surface area contributed by atoms with Gasteiger partial charge in [-0.15, -0.1) is 0 Å². The molecule has 0 spiro atoms. The number of β-lactam (4-membered cyclic amide) rings is 1. The molecule has 0 unspecified atom stereocenters. The first-order chi connectivity index (χ1) is 21.7. The number of nitrogens with one attached hydrogen (secondary N) is 1. The van der Waals surface area contributed by atoms with Crippen molar-refractivity contribution in [2.75, 3.05) is 11.9 Å². The van der Waals surface area contributed by atoms with Gasteiger partial charge in [-0.1, -0.05) is 66.7 Å². The lowest BCUT2D eigenvalue weighted by molar-refractivity contribution is -0.161. The Labute approximate surface area is 259 Å². The number of anilines is 1. The largest absolute Gasteiger partial charge is 0.451 e. The minimum atomic E-state index is -4.36. The maximum atomic E-state index is 14.3. The molecule has 4 aromatic rings. The number of aromatic nitrogens is 2. The molecule has 3 atom stereocenters. The molecule has 45 heavy (non-hydrogen) atoms. The van der Waals surface area contributed by atoms with Crippen LogP contribution in [0.15, 0.2) is 115 Å². The maximum Gasteiger partial charge on any atom is 0.411 e. The van der Waals surface area contributed by atoms with Crippen molar-refractivity contribution in [2.45, 2.75) is 29.2 Å². The van der Waals surface area contributed by atoms with E-state index in [0.717, 1.165) is 4.90 Å². The van der Waals surface area contributed by atoms with Crippen LogP contribution in [0.4, 0.5) is 10.5 Å². The SMILES string of the molecule is C[C@]1(COC(=O)Nc2ccncc2)[C@H](C(=O)OC(c2ccccc2)c2ccccc2)N2C(=O)/C(=C/c3ccccn3)[C@H]2S1(=O)=O. The predicted octanol–water partition coefficient (Wildman–Crippen LogP) is 4.17. The van der Waals surface area contributed by atoms with Gasteiger partial charge in [0.1, 0.15) is 11.4 Å². The monoisotopic (exact) mass is 624 g/mol. The number of ether oxygens (including phenoxy) is 2. The number of carbonyl (C=O) groups is 3. The quantitative estimate of drug-likeness (QED) is 0.174. The van der Waals surface area contributed by atoms with E-state index < -0.39 is 56.7 Å². The molecule has 12 heteroatoms. The van der Waals surface area contributed by atoms with Crippen molar-refractivity contribution in [3.8, 4) is 0 Å². The number of rotatable bonds is 8. The molecule has 0 saturated carbocycles. The number of carbonyl (C=O) groups excluding carboxylic acids is 3. The van der Waals surface area contributed by atoms with Crippen LogP contribution in [0, 0.1) is 0 Å². The summed E-state index contributed by atoms with van der Waals surface area (Å²) in [5.41, 5.74) is 2.01. The number of nitrogens with zero attached hydrogens (tertiary/aromatic N) is 3. The summed E-state index contributed by atoms with van der Waals surface area (Å²) in [5, 5.41) is 1.04. The van der Waals surface area contributed by atoms with Gasteiger partial charge in [0, 0.05) is 24.3 Å². The van der Waals surface area contributed by atoms with Crippen molar-refractivity contribution in [1.29, 1.82) is 0 Å². The maximum absolute atomic E-state index is 14.3. The summed E-state index contributed by atoms with van der Waals surface area (Å²) in [6.45, 7) is 0.558. The molecule has 2 aliphatic rings. The summed E-state index contributed by atoms with van der Waals surface area (Å²) < 4.78 is 37.9. The summed E-state index contributed by atoms with van der Waals surface area (Å²) in [6.07, 6.45) is 3.99. The third-order valence-electron chi connectivity index (χ3n) is 7.87. The van der Waals surface area contributed by atoms with E-state index in [2.05, 4.69) is 15.3 Å². The minimum absolute atomic E-state index is 0.0425. The fraction of sp³-hybridized carbons (Fsp3) is 0.182. The molecular weight excluding hydrogens is 596 g/mol. The first kappa shape index (κ1) is 29.7. The number of sulfone groups is 1. The number of benzene rings is 2. The Bertz CT molecular complexity index is 1820. The molecule has 11 nitrogen and oxygen atoms in total. The Morgan fingerprint density at radius 1 is 0.933 bits per heavy atom. The van der Waals surface area contributed by atoms with Gasteiger partial charge in [0.05, 0.1) is 11.3 Å². The summed E-state index contributed by atoms with van der Waals surface area (Å²) in [5.74, 6) is -1.61. The number of amides is 2. The van der Waals surface area contributed by atoms with Crippen molar-refractivity contribution in [1.82, 2.24) is 14.9 Å². The van der Waals surface area contributed by atoms with Crippen LogP contribution in [0.1, 0.15) is 29.8 Å². The van der Waals surface area contributed by atoms with Gasteiger partial charge >= 0.3 is 12.1 Å². The van der Waals surface area contributed by atoms with Crippen molar-refractivity contribution in [2.24, 2.45) is 0 Å². The highest BCUT2D eigenvalue weighted by molar-refractivity contribution is 7.94. The average Bonchev–Trinajstić information content (AvgIpc) is 3.23. The summed E-state index contributed by atoms with van der Waals surface area (Å²) in [7, 11) is -4.36. The second kappa shape index (κ2) is 12.0. The van der Waals surface area contributed by atoms with Crippen LogP contribution in [0.2, 0.25) is 0 Å². The van der Waals surface area contributed by atoms with E-state index >= 15 is 0 Å². The molecular formula is C33H28N4O7S. The first-order valence-corrected chi connectivity index (χ1v) is 15.6. The lowest BCUT2D eigenvalue weighted by Gasteiger charge is -2.39.